The van der Waals surface area contributed by atoms with Crippen LogP contribution in [0.3, 0.4) is 0 Å². The van der Waals surface area contributed by atoms with E-state index in [0.717, 1.165) is 0 Å². The van der Waals surface area contributed by atoms with Crippen molar-refractivity contribution in [1.82, 2.24) is 0 Å². The van der Waals surface area contributed by atoms with Crippen LogP contribution >= 0.6 is 15.9 Å². The van der Waals surface area contributed by atoms with Gasteiger partial charge in [0.1, 0.15) is 5.76 Å². The molecule has 4 heteroatoms. The number of aromatic carboxylic acids is 1. The highest BCUT2D eigenvalue weighted by atomic mass is 79.9. The lowest BCUT2D eigenvalue weighted by molar-refractivity contribution is 0.0661. The van der Waals surface area contributed by atoms with Gasteiger partial charge in [0.05, 0.1) is 4.47 Å². The molecule has 0 aliphatic carbocycles. The van der Waals surface area contributed by atoms with Gasteiger partial charge < -0.3 is 9.52 Å². The van der Waals surface area contributed by atoms with Crippen LogP contribution in [0.1, 0.15) is 16.3 Å². The molecule has 0 atom stereocenters. The third kappa shape index (κ3) is 1.21. The van der Waals surface area contributed by atoms with Crippen LogP contribution in [0.5, 0.6) is 0 Å². The lowest BCUT2D eigenvalue weighted by atomic mass is 10.4. The van der Waals surface area contributed by atoms with Crippen molar-refractivity contribution in [3.05, 3.63) is 22.1 Å². The van der Waals surface area contributed by atoms with Gasteiger partial charge in [-0.3, -0.25) is 0 Å². The second kappa shape index (κ2) is 2.46. The normalized spacial score (nSPS) is 9.80. The number of carboxylic acids is 1. The van der Waals surface area contributed by atoms with Crippen molar-refractivity contribution in [1.29, 1.82) is 0 Å². The minimum absolute atomic E-state index is 0.0376. The quantitative estimate of drug-likeness (QED) is 0.763. The standard InChI is InChI=1S/C6H5BrO3/c1-3-4(7)2-5(10-3)6(8)9/h2H,1H3,(H,8,9). The van der Waals surface area contributed by atoms with Crippen molar-refractivity contribution in [2.24, 2.45) is 0 Å². The Morgan fingerprint density at radius 2 is 2.40 bits per heavy atom. The number of hydrogen-bond donors (Lipinski definition) is 1. The fourth-order valence-corrected chi connectivity index (χ4v) is 0.854. The van der Waals surface area contributed by atoms with Crippen LogP contribution in [-0.2, 0) is 0 Å². The first-order valence-electron chi connectivity index (χ1n) is 2.60. The molecule has 0 spiro atoms. The van der Waals surface area contributed by atoms with E-state index in [4.69, 9.17) is 9.52 Å². The molecule has 0 aliphatic rings. The Bertz CT molecular complexity index is 244. The lowest BCUT2D eigenvalue weighted by Gasteiger charge is -1.82. The number of hydrogen-bond acceptors (Lipinski definition) is 2. The van der Waals surface area contributed by atoms with E-state index in [9.17, 15) is 4.79 Å². The second-order valence-electron chi connectivity index (χ2n) is 1.82. The van der Waals surface area contributed by atoms with Crippen LogP contribution in [0.15, 0.2) is 15.0 Å². The van der Waals surface area contributed by atoms with Crippen molar-refractivity contribution in [2.75, 3.05) is 0 Å². The van der Waals surface area contributed by atoms with Crippen molar-refractivity contribution in [3.63, 3.8) is 0 Å². The topological polar surface area (TPSA) is 50.4 Å². The fourth-order valence-electron chi connectivity index (χ4n) is 0.565. The summed E-state index contributed by atoms with van der Waals surface area (Å²) in [6, 6.07) is 1.43. The minimum Gasteiger partial charge on any atom is -0.475 e. The molecule has 0 aliphatic heterocycles. The van der Waals surface area contributed by atoms with Gasteiger partial charge in [-0.2, -0.15) is 0 Å². The molecule has 0 saturated heterocycles. The molecule has 54 valence electrons. The summed E-state index contributed by atoms with van der Waals surface area (Å²) >= 11 is 3.13. The van der Waals surface area contributed by atoms with Gasteiger partial charge in [-0.1, -0.05) is 0 Å². The molecular formula is C6H5BrO3. The van der Waals surface area contributed by atoms with E-state index in [-0.39, 0.29) is 5.76 Å². The minimum atomic E-state index is -1.05. The summed E-state index contributed by atoms with van der Waals surface area (Å²) in [5, 5.41) is 8.41. The molecule has 1 aromatic rings. The van der Waals surface area contributed by atoms with Gasteiger partial charge in [-0.05, 0) is 22.9 Å². The van der Waals surface area contributed by atoms with Crippen molar-refractivity contribution >= 4 is 21.9 Å². The molecule has 1 aromatic heterocycles. The van der Waals surface area contributed by atoms with Crippen LogP contribution in [0.4, 0.5) is 0 Å². The van der Waals surface area contributed by atoms with E-state index in [0.29, 0.717) is 10.2 Å². The maximum absolute atomic E-state index is 10.3. The largest absolute Gasteiger partial charge is 0.475 e. The van der Waals surface area contributed by atoms with Crippen LogP contribution < -0.4 is 0 Å². The monoisotopic (exact) mass is 204 g/mol. The van der Waals surface area contributed by atoms with E-state index in [2.05, 4.69) is 15.9 Å². The molecule has 1 heterocycles. The summed E-state index contributed by atoms with van der Waals surface area (Å²) < 4.78 is 5.51. The number of carboxylic acid groups (broad SMARTS) is 1. The fraction of sp³-hybridized carbons (Fsp3) is 0.167. The molecule has 10 heavy (non-hydrogen) atoms. The Morgan fingerprint density at radius 3 is 2.60 bits per heavy atom. The molecule has 0 saturated carbocycles. The predicted molar refractivity (Wildman–Crippen MR) is 38.1 cm³/mol. The van der Waals surface area contributed by atoms with Gasteiger partial charge in [-0.25, -0.2) is 4.79 Å². The first kappa shape index (κ1) is 7.34. The SMILES string of the molecule is Cc1oc(C(=O)O)cc1Br. The molecule has 1 rings (SSSR count). The zero-order valence-electron chi connectivity index (χ0n) is 5.22. The Morgan fingerprint density at radius 1 is 1.80 bits per heavy atom. The molecule has 0 unspecified atom stereocenters. The van der Waals surface area contributed by atoms with Crippen LogP contribution in [0.2, 0.25) is 0 Å². The Kier molecular flexibility index (Phi) is 1.80. The molecule has 3 nitrogen and oxygen atoms in total. The molecular weight excluding hydrogens is 200 g/mol. The first-order valence-corrected chi connectivity index (χ1v) is 3.40. The Balaban J connectivity index is 3.10. The van der Waals surface area contributed by atoms with Crippen LogP contribution in [0, 0.1) is 6.92 Å². The Hall–Kier alpha value is -0.770. The van der Waals surface area contributed by atoms with Gasteiger partial charge in [0, 0.05) is 6.07 Å². The van der Waals surface area contributed by atoms with Crippen LogP contribution in [-0.4, -0.2) is 11.1 Å². The molecule has 0 radical (unpaired) electrons. The van der Waals surface area contributed by atoms with Gasteiger partial charge in [0.15, 0.2) is 0 Å². The van der Waals surface area contributed by atoms with E-state index in [1.807, 2.05) is 0 Å². The van der Waals surface area contributed by atoms with E-state index in [1.165, 1.54) is 6.07 Å². The number of aryl methyl sites for hydroxylation is 1. The summed E-state index contributed by atoms with van der Waals surface area (Å²) in [5.74, 6) is -0.504. The summed E-state index contributed by atoms with van der Waals surface area (Å²) in [6.45, 7) is 1.69. The van der Waals surface area contributed by atoms with Crippen LogP contribution in [0.25, 0.3) is 0 Å². The lowest BCUT2D eigenvalue weighted by Crippen LogP contribution is -1.91. The molecule has 0 bridgehead atoms. The third-order valence-corrected chi connectivity index (χ3v) is 1.86. The van der Waals surface area contributed by atoms with Crippen molar-refractivity contribution in [2.45, 2.75) is 6.92 Å². The number of halogens is 1. The highest BCUT2D eigenvalue weighted by Gasteiger charge is 2.10. The maximum atomic E-state index is 10.3. The molecule has 0 aromatic carbocycles. The third-order valence-electron chi connectivity index (χ3n) is 1.07. The van der Waals surface area contributed by atoms with E-state index >= 15 is 0 Å². The molecule has 0 amide bonds. The molecule has 0 fully saturated rings. The number of carbonyl (C=O) groups is 1. The summed E-state index contributed by atoms with van der Waals surface area (Å²) in [4.78, 5) is 10.3. The van der Waals surface area contributed by atoms with Gasteiger partial charge in [-0.15, -0.1) is 0 Å². The van der Waals surface area contributed by atoms with Crippen molar-refractivity contribution < 1.29 is 14.3 Å². The Labute approximate surface area is 65.8 Å². The smallest absolute Gasteiger partial charge is 0.371 e. The summed E-state index contributed by atoms with van der Waals surface area (Å²) in [7, 11) is 0. The maximum Gasteiger partial charge on any atom is 0.371 e. The second-order valence-corrected chi connectivity index (χ2v) is 2.67. The average molecular weight is 205 g/mol. The number of rotatable bonds is 1. The first-order chi connectivity index (χ1) is 4.61. The molecule has 1 N–H and O–H groups in total. The highest BCUT2D eigenvalue weighted by Crippen LogP contribution is 2.19. The summed E-state index contributed by atoms with van der Waals surface area (Å²) in [6.07, 6.45) is 0. The summed E-state index contributed by atoms with van der Waals surface area (Å²) in [5.41, 5.74) is 0. The van der Waals surface area contributed by atoms with Gasteiger partial charge in [0.2, 0.25) is 5.76 Å². The zero-order valence-corrected chi connectivity index (χ0v) is 6.81. The van der Waals surface area contributed by atoms with E-state index in [1.54, 1.807) is 6.92 Å². The zero-order chi connectivity index (χ0) is 7.72. The van der Waals surface area contributed by atoms with E-state index < -0.39 is 5.97 Å². The number of furan rings is 1. The average Bonchev–Trinajstić information content (AvgIpc) is 2.13. The van der Waals surface area contributed by atoms with Gasteiger partial charge in [0.25, 0.3) is 0 Å². The van der Waals surface area contributed by atoms with Crippen molar-refractivity contribution in [3.8, 4) is 0 Å². The highest BCUT2D eigenvalue weighted by molar-refractivity contribution is 9.10. The predicted octanol–water partition coefficient (Wildman–Crippen LogP) is 2.05. The van der Waals surface area contributed by atoms with Gasteiger partial charge >= 0.3 is 5.97 Å².